The Morgan fingerprint density at radius 1 is 1.40 bits per heavy atom. The Bertz CT molecular complexity index is 663. The van der Waals surface area contributed by atoms with Gasteiger partial charge >= 0.3 is 5.97 Å². The highest BCUT2D eigenvalue weighted by Crippen LogP contribution is 2.25. The van der Waals surface area contributed by atoms with Crippen LogP contribution in [0, 0.1) is 10.1 Å². The highest BCUT2D eigenvalue weighted by atomic mass is 79.9. The van der Waals surface area contributed by atoms with Crippen molar-refractivity contribution >= 4 is 28.0 Å². The van der Waals surface area contributed by atoms with E-state index in [1.54, 1.807) is 18.2 Å². The number of carbonyl (C=O) groups excluding carboxylic acids is 1. The first-order valence-corrected chi connectivity index (χ1v) is 6.22. The van der Waals surface area contributed by atoms with E-state index in [9.17, 15) is 14.9 Å². The molecule has 0 aliphatic rings. The third-order valence-corrected chi connectivity index (χ3v) is 2.77. The standard InChI is InChI=1S/C13H8BrNO5/c14-10-3-4-11(9(8-10)5-6-15(17)18)20-13(16)12-2-1-7-19-12/h1-8H. The molecule has 1 heterocycles. The lowest BCUT2D eigenvalue weighted by atomic mass is 10.2. The third-order valence-electron chi connectivity index (χ3n) is 2.27. The van der Waals surface area contributed by atoms with E-state index < -0.39 is 10.9 Å². The van der Waals surface area contributed by atoms with Crippen LogP contribution in [0.3, 0.4) is 0 Å². The molecule has 1 aromatic carbocycles. The Morgan fingerprint density at radius 3 is 2.85 bits per heavy atom. The lowest BCUT2D eigenvalue weighted by Crippen LogP contribution is -2.08. The van der Waals surface area contributed by atoms with Gasteiger partial charge in [0.25, 0.3) is 0 Å². The molecule has 0 fully saturated rings. The molecule has 102 valence electrons. The lowest BCUT2D eigenvalue weighted by Gasteiger charge is -2.06. The lowest BCUT2D eigenvalue weighted by molar-refractivity contribution is -0.400. The van der Waals surface area contributed by atoms with Crippen molar-refractivity contribution in [2.45, 2.75) is 0 Å². The van der Waals surface area contributed by atoms with Gasteiger partial charge in [0.1, 0.15) is 5.75 Å². The maximum atomic E-state index is 11.8. The first-order valence-electron chi connectivity index (χ1n) is 5.43. The quantitative estimate of drug-likeness (QED) is 0.369. The summed E-state index contributed by atoms with van der Waals surface area (Å²) in [5, 5.41) is 10.4. The molecule has 0 bridgehead atoms. The second kappa shape index (κ2) is 6.16. The van der Waals surface area contributed by atoms with Crippen molar-refractivity contribution < 1.29 is 18.9 Å². The maximum absolute atomic E-state index is 11.8. The van der Waals surface area contributed by atoms with Crippen LogP contribution in [-0.4, -0.2) is 10.9 Å². The van der Waals surface area contributed by atoms with Gasteiger partial charge in [-0.05, 0) is 30.3 Å². The number of rotatable bonds is 4. The number of halogens is 1. The molecule has 7 heteroatoms. The molecule has 20 heavy (non-hydrogen) atoms. The summed E-state index contributed by atoms with van der Waals surface area (Å²) in [6.45, 7) is 0. The molecule has 6 nitrogen and oxygen atoms in total. The van der Waals surface area contributed by atoms with E-state index in [-0.39, 0.29) is 11.5 Å². The minimum atomic E-state index is -0.673. The Morgan fingerprint density at radius 2 is 2.20 bits per heavy atom. The summed E-state index contributed by atoms with van der Waals surface area (Å²) in [6, 6.07) is 7.82. The molecule has 0 aliphatic carbocycles. The zero-order valence-electron chi connectivity index (χ0n) is 9.99. The van der Waals surface area contributed by atoms with Crippen molar-refractivity contribution in [3.8, 4) is 5.75 Å². The van der Waals surface area contributed by atoms with Crippen LogP contribution in [0.5, 0.6) is 5.75 Å². The van der Waals surface area contributed by atoms with Gasteiger partial charge in [-0.3, -0.25) is 10.1 Å². The molecule has 0 aliphatic heterocycles. The van der Waals surface area contributed by atoms with Gasteiger partial charge in [-0.2, -0.15) is 0 Å². The molecule has 1 aromatic heterocycles. The van der Waals surface area contributed by atoms with Gasteiger partial charge in [-0.1, -0.05) is 15.9 Å². The van der Waals surface area contributed by atoms with Crippen LogP contribution in [0.1, 0.15) is 16.1 Å². The van der Waals surface area contributed by atoms with Crippen molar-refractivity contribution in [2.24, 2.45) is 0 Å². The van der Waals surface area contributed by atoms with Gasteiger partial charge in [0, 0.05) is 16.1 Å². The molecule has 0 unspecified atom stereocenters. The number of carbonyl (C=O) groups is 1. The molecule has 0 atom stereocenters. The first kappa shape index (κ1) is 14.0. The van der Waals surface area contributed by atoms with Crippen LogP contribution in [0.2, 0.25) is 0 Å². The number of ether oxygens (including phenoxy) is 1. The fourth-order valence-corrected chi connectivity index (χ4v) is 1.81. The predicted molar refractivity (Wildman–Crippen MR) is 73.8 cm³/mol. The largest absolute Gasteiger partial charge is 0.457 e. The average molecular weight is 338 g/mol. The summed E-state index contributed by atoms with van der Waals surface area (Å²) < 4.78 is 10.8. The fourth-order valence-electron chi connectivity index (χ4n) is 1.43. The van der Waals surface area contributed by atoms with Crippen LogP contribution in [-0.2, 0) is 0 Å². The Labute approximate surface area is 121 Å². The summed E-state index contributed by atoms with van der Waals surface area (Å²) in [5.74, 6) is -0.419. The van der Waals surface area contributed by atoms with E-state index in [2.05, 4.69) is 15.9 Å². The van der Waals surface area contributed by atoms with E-state index in [0.717, 1.165) is 6.20 Å². The SMILES string of the molecule is O=C(Oc1ccc(Br)cc1C=C[N+](=O)[O-])c1ccco1. The number of benzene rings is 1. The fraction of sp³-hybridized carbons (Fsp3) is 0. The number of furan rings is 1. The Balaban J connectivity index is 2.27. The molecular formula is C13H8BrNO5. The van der Waals surface area contributed by atoms with Gasteiger partial charge in [-0.25, -0.2) is 4.79 Å². The smallest absolute Gasteiger partial charge is 0.379 e. The number of hydrogen-bond acceptors (Lipinski definition) is 5. The number of nitro groups is 1. The van der Waals surface area contributed by atoms with Gasteiger partial charge in [0.15, 0.2) is 0 Å². The topological polar surface area (TPSA) is 82.6 Å². The second-order valence-corrected chi connectivity index (χ2v) is 4.57. The summed E-state index contributed by atoms with van der Waals surface area (Å²) in [4.78, 5) is 21.5. The number of esters is 1. The van der Waals surface area contributed by atoms with Crippen LogP contribution >= 0.6 is 15.9 Å². The summed E-state index contributed by atoms with van der Waals surface area (Å²) in [7, 11) is 0. The maximum Gasteiger partial charge on any atom is 0.379 e. The Hall–Kier alpha value is -2.41. The average Bonchev–Trinajstić information content (AvgIpc) is 2.93. The van der Waals surface area contributed by atoms with Gasteiger partial charge in [-0.15, -0.1) is 0 Å². The third kappa shape index (κ3) is 3.55. The molecule has 0 amide bonds. The zero-order valence-corrected chi connectivity index (χ0v) is 11.6. The van der Waals surface area contributed by atoms with E-state index in [1.165, 1.54) is 24.5 Å². The highest BCUT2D eigenvalue weighted by molar-refractivity contribution is 9.10. The number of hydrogen-bond donors (Lipinski definition) is 0. The van der Waals surface area contributed by atoms with Crippen LogP contribution in [0.15, 0.2) is 51.7 Å². The zero-order chi connectivity index (χ0) is 14.5. The van der Waals surface area contributed by atoms with Crippen molar-refractivity contribution in [1.82, 2.24) is 0 Å². The molecule has 0 spiro atoms. The molecule has 0 N–H and O–H groups in total. The van der Waals surface area contributed by atoms with Crippen LogP contribution < -0.4 is 4.74 Å². The van der Waals surface area contributed by atoms with E-state index in [1.807, 2.05) is 0 Å². The van der Waals surface area contributed by atoms with Crippen LogP contribution in [0.4, 0.5) is 0 Å². The summed E-state index contributed by atoms with van der Waals surface area (Å²) >= 11 is 3.25. The molecule has 0 radical (unpaired) electrons. The van der Waals surface area contributed by atoms with Crippen molar-refractivity contribution in [2.75, 3.05) is 0 Å². The molecular weight excluding hydrogens is 330 g/mol. The van der Waals surface area contributed by atoms with E-state index in [4.69, 9.17) is 9.15 Å². The minimum absolute atomic E-state index is 0.0529. The second-order valence-electron chi connectivity index (χ2n) is 3.65. The van der Waals surface area contributed by atoms with Gasteiger partial charge in [0.2, 0.25) is 12.0 Å². The van der Waals surface area contributed by atoms with E-state index >= 15 is 0 Å². The van der Waals surface area contributed by atoms with Crippen molar-refractivity contribution in [3.63, 3.8) is 0 Å². The van der Waals surface area contributed by atoms with Gasteiger partial charge in [0.05, 0.1) is 11.2 Å². The monoisotopic (exact) mass is 337 g/mol. The first-order chi connectivity index (χ1) is 9.56. The molecule has 2 aromatic rings. The highest BCUT2D eigenvalue weighted by Gasteiger charge is 2.13. The minimum Gasteiger partial charge on any atom is -0.457 e. The molecule has 0 saturated heterocycles. The van der Waals surface area contributed by atoms with Gasteiger partial charge < -0.3 is 9.15 Å². The van der Waals surface area contributed by atoms with Crippen LogP contribution in [0.25, 0.3) is 6.08 Å². The number of nitrogens with zero attached hydrogens (tertiary/aromatic N) is 1. The molecule has 0 saturated carbocycles. The van der Waals surface area contributed by atoms with Crippen molar-refractivity contribution in [1.29, 1.82) is 0 Å². The van der Waals surface area contributed by atoms with Crippen molar-refractivity contribution in [3.05, 3.63) is 68.7 Å². The summed E-state index contributed by atoms with van der Waals surface area (Å²) in [6.07, 6.45) is 3.37. The summed E-state index contributed by atoms with van der Waals surface area (Å²) in [5.41, 5.74) is 0.399. The van der Waals surface area contributed by atoms with E-state index in [0.29, 0.717) is 10.0 Å². The normalized spacial score (nSPS) is 10.7. The predicted octanol–water partition coefficient (Wildman–Crippen LogP) is 3.51. The molecule has 2 rings (SSSR count). The Kier molecular flexibility index (Phi) is 4.31.